The maximum absolute atomic E-state index is 12.2. The van der Waals surface area contributed by atoms with Crippen LogP contribution in [0.5, 0.6) is 11.5 Å². The second kappa shape index (κ2) is 10.0. The number of nitrogens with one attached hydrogen (secondary N) is 1. The van der Waals surface area contributed by atoms with Gasteiger partial charge in [0.15, 0.2) is 0 Å². The van der Waals surface area contributed by atoms with Crippen LogP contribution in [-0.4, -0.2) is 24.7 Å². The number of hydrazone groups is 1. The lowest BCUT2D eigenvalue weighted by Gasteiger charge is -2.06. The zero-order chi connectivity index (χ0) is 21.3. The fourth-order valence-electron chi connectivity index (χ4n) is 2.70. The van der Waals surface area contributed by atoms with Gasteiger partial charge in [0.2, 0.25) is 0 Å². The first-order valence-corrected chi connectivity index (χ1v) is 9.51. The van der Waals surface area contributed by atoms with E-state index in [-0.39, 0.29) is 5.91 Å². The normalized spacial score (nSPS) is 10.6. The number of esters is 1. The third-order valence-electron chi connectivity index (χ3n) is 4.26. The van der Waals surface area contributed by atoms with Gasteiger partial charge in [0.05, 0.1) is 18.4 Å². The summed E-state index contributed by atoms with van der Waals surface area (Å²) >= 11 is 0. The van der Waals surface area contributed by atoms with Gasteiger partial charge >= 0.3 is 5.97 Å². The van der Waals surface area contributed by atoms with Crippen LogP contribution in [0.25, 0.3) is 0 Å². The van der Waals surface area contributed by atoms with E-state index >= 15 is 0 Å². The van der Waals surface area contributed by atoms with Crippen molar-refractivity contribution in [2.45, 2.75) is 13.8 Å². The van der Waals surface area contributed by atoms with Crippen molar-refractivity contribution in [1.82, 2.24) is 5.43 Å². The Bertz CT molecular complexity index is 1040. The molecule has 0 unspecified atom stereocenters. The van der Waals surface area contributed by atoms with Gasteiger partial charge in [-0.1, -0.05) is 18.2 Å². The van der Waals surface area contributed by atoms with Crippen LogP contribution >= 0.6 is 0 Å². The molecule has 0 spiro atoms. The summed E-state index contributed by atoms with van der Waals surface area (Å²) in [6.45, 7) is 4.33. The van der Waals surface area contributed by atoms with Gasteiger partial charge in [-0.15, -0.1) is 0 Å². The minimum Gasteiger partial charge on any atom is -0.494 e. The van der Waals surface area contributed by atoms with E-state index in [1.54, 1.807) is 60.7 Å². The summed E-state index contributed by atoms with van der Waals surface area (Å²) < 4.78 is 10.7. The topological polar surface area (TPSA) is 77.0 Å². The monoisotopic (exact) mass is 402 g/mol. The second-order valence-corrected chi connectivity index (χ2v) is 6.43. The second-order valence-electron chi connectivity index (χ2n) is 6.43. The molecular weight excluding hydrogens is 380 g/mol. The summed E-state index contributed by atoms with van der Waals surface area (Å²) in [6.07, 6.45) is 1.52. The van der Waals surface area contributed by atoms with Crippen LogP contribution in [0.2, 0.25) is 0 Å². The third-order valence-corrected chi connectivity index (χ3v) is 4.26. The van der Waals surface area contributed by atoms with Crippen LogP contribution in [-0.2, 0) is 0 Å². The molecule has 30 heavy (non-hydrogen) atoms. The molecule has 0 radical (unpaired) electrons. The zero-order valence-corrected chi connectivity index (χ0v) is 16.8. The highest BCUT2D eigenvalue weighted by Crippen LogP contribution is 2.16. The number of carbonyl (C=O) groups is 2. The minimum absolute atomic E-state index is 0.273. The first kappa shape index (κ1) is 20.8. The number of aryl methyl sites for hydroxylation is 1. The first-order chi connectivity index (χ1) is 14.6. The third kappa shape index (κ3) is 5.54. The van der Waals surface area contributed by atoms with Gasteiger partial charge < -0.3 is 9.47 Å². The van der Waals surface area contributed by atoms with Crippen molar-refractivity contribution in [3.05, 3.63) is 95.1 Å². The molecule has 152 valence electrons. The zero-order valence-electron chi connectivity index (χ0n) is 16.8. The van der Waals surface area contributed by atoms with Gasteiger partial charge in [-0.25, -0.2) is 10.2 Å². The standard InChI is InChI=1S/C24H22N2O4/c1-3-29-20-14-10-19(11-15-20)24(28)30-21-12-8-18(9-13-21)16-25-26-23(27)22-7-5-4-6-17(22)2/h4-16H,3H2,1-2H3,(H,26,27)/b25-16-. The number of hydrogen-bond acceptors (Lipinski definition) is 5. The molecular formula is C24H22N2O4. The number of carbonyl (C=O) groups excluding carboxylic acids is 2. The molecule has 3 aromatic carbocycles. The number of benzene rings is 3. The van der Waals surface area contributed by atoms with E-state index in [1.807, 2.05) is 26.0 Å². The van der Waals surface area contributed by atoms with Crippen LogP contribution in [0, 0.1) is 6.92 Å². The van der Waals surface area contributed by atoms with E-state index in [9.17, 15) is 9.59 Å². The van der Waals surface area contributed by atoms with Gasteiger partial charge in [-0.2, -0.15) is 5.10 Å². The smallest absolute Gasteiger partial charge is 0.343 e. The molecule has 0 aromatic heterocycles. The Kier molecular flexibility index (Phi) is 6.95. The molecule has 0 saturated heterocycles. The van der Waals surface area contributed by atoms with E-state index in [0.29, 0.717) is 29.2 Å². The fourth-order valence-corrected chi connectivity index (χ4v) is 2.70. The summed E-state index contributed by atoms with van der Waals surface area (Å²) in [7, 11) is 0. The summed E-state index contributed by atoms with van der Waals surface area (Å²) in [5.41, 5.74) is 5.14. The van der Waals surface area contributed by atoms with Gasteiger partial charge in [-0.05, 0) is 79.6 Å². The Hall–Kier alpha value is -3.93. The van der Waals surface area contributed by atoms with Gasteiger partial charge in [0.1, 0.15) is 11.5 Å². The molecule has 0 atom stereocenters. The number of amides is 1. The molecule has 0 aliphatic heterocycles. The Balaban J connectivity index is 1.55. The molecule has 6 heteroatoms. The Labute approximate surface area is 175 Å². The summed E-state index contributed by atoms with van der Waals surface area (Å²) in [4.78, 5) is 24.4. The molecule has 0 bridgehead atoms. The molecule has 1 amide bonds. The van der Waals surface area contributed by atoms with Crippen molar-refractivity contribution >= 4 is 18.1 Å². The van der Waals surface area contributed by atoms with Crippen molar-refractivity contribution in [2.24, 2.45) is 5.10 Å². The largest absolute Gasteiger partial charge is 0.494 e. The van der Waals surface area contributed by atoms with E-state index in [0.717, 1.165) is 11.1 Å². The highest BCUT2D eigenvalue weighted by molar-refractivity contribution is 5.96. The summed E-state index contributed by atoms with van der Waals surface area (Å²) in [6, 6.07) is 20.9. The average Bonchev–Trinajstić information content (AvgIpc) is 2.76. The molecule has 0 aliphatic carbocycles. The van der Waals surface area contributed by atoms with Gasteiger partial charge in [-0.3, -0.25) is 4.79 Å². The van der Waals surface area contributed by atoms with E-state index in [4.69, 9.17) is 9.47 Å². The number of ether oxygens (including phenoxy) is 2. The molecule has 0 aliphatic rings. The predicted molar refractivity (Wildman–Crippen MR) is 115 cm³/mol. The predicted octanol–water partition coefficient (Wildman–Crippen LogP) is 4.38. The SMILES string of the molecule is CCOc1ccc(C(=O)Oc2ccc(/C=N\NC(=O)c3ccccc3C)cc2)cc1. The Morgan fingerprint density at radius 2 is 1.60 bits per heavy atom. The summed E-state index contributed by atoms with van der Waals surface area (Å²) in [5, 5.41) is 3.98. The van der Waals surface area contributed by atoms with Crippen molar-refractivity contribution < 1.29 is 19.1 Å². The lowest BCUT2D eigenvalue weighted by Crippen LogP contribution is -2.18. The van der Waals surface area contributed by atoms with Crippen molar-refractivity contribution in [2.75, 3.05) is 6.61 Å². The van der Waals surface area contributed by atoms with Crippen molar-refractivity contribution in [3.8, 4) is 11.5 Å². The fraction of sp³-hybridized carbons (Fsp3) is 0.125. The van der Waals surface area contributed by atoms with Crippen LogP contribution in [0.4, 0.5) is 0 Å². The lowest BCUT2D eigenvalue weighted by atomic mass is 10.1. The quantitative estimate of drug-likeness (QED) is 0.275. The molecule has 1 N–H and O–H groups in total. The minimum atomic E-state index is -0.454. The Morgan fingerprint density at radius 1 is 0.933 bits per heavy atom. The molecule has 6 nitrogen and oxygen atoms in total. The number of hydrogen-bond donors (Lipinski definition) is 1. The number of nitrogens with zero attached hydrogens (tertiary/aromatic N) is 1. The van der Waals surface area contributed by atoms with Crippen LogP contribution in [0.1, 0.15) is 38.8 Å². The highest BCUT2D eigenvalue weighted by Gasteiger charge is 2.09. The molecule has 3 aromatic rings. The van der Waals surface area contributed by atoms with Gasteiger partial charge in [0, 0.05) is 5.56 Å². The maximum atomic E-state index is 12.2. The van der Waals surface area contributed by atoms with E-state index in [2.05, 4.69) is 10.5 Å². The maximum Gasteiger partial charge on any atom is 0.343 e. The highest BCUT2D eigenvalue weighted by atomic mass is 16.5. The van der Waals surface area contributed by atoms with Crippen LogP contribution in [0.3, 0.4) is 0 Å². The van der Waals surface area contributed by atoms with Crippen LogP contribution in [0.15, 0.2) is 77.9 Å². The molecule has 0 fully saturated rings. The molecule has 3 rings (SSSR count). The van der Waals surface area contributed by atoms with Crippen molar-refractivity contribution in [1.29, 1.82) is 0 Å². The van der Waals surface area contributed by atoms with E-state index < -0.39 is 5.97 Å². The molecule has 0 saturated carbocycles. The van der Waals surface area contributed by atoms with Crippen molar-refractivity contribution in [3.63, 3.8) is 0 Å². The number of rotatable bonds is 7. The molecule has 0 heterocycles. The summed E-state index contributed by atoms with van der Waals surface area (Å²) in [5.74, 6) is 0.386. The lowest BCUT2D eigenvalue weighted by molar-refractivity contribution is 0.0734. The van der Waals surface area contributed by atoms with E-state index in [1.165, 1.54) is 6.21 Å². The van der Waals surface area contributed by atoms with Gasteiger partial charge in [0.25, 0.3) is 5.91 Å². The average molecular weight is 402 g/mol. The first-order valence-electron chi connectivity index (χ1n) is 9.51. The Morgan fingerprint density at radius 3 is 2.27 bits per heavy atom. The van der Waals surface area contributed by atoms with Crippen LogP contribution < -0.4 is 14.9 Å².